The summed E-state index contributed by atoms with van der Waals surface area (Å²) in [7, 11) is 0. The zero-order chi connectivity index (χ0) is 30.2. The van der Waals surface area contributed by atoms with E-state index in [1.807, 2.05) is 17.4 Å². The van der Waals surface area contributed by atoms with E-state index in [9.17, 15) is 0 Å². The second-order valence-corrected chi connectivity index (χ2v) is 12.7. The Balaban J connectivity index is 1.26. The monoisotopic (exact) mass is 607 g/mol. The van der Waals surface area contributed by atoms with Crippen molar-refractivity contribution >= 4 is 92.6 Å². The van der Waals surface area contributed by atoms with Gasteiger partial charge in [0, 0.05) is 42.0 Å². The van der Waals surface area contributed by atoms with Crippen molar-refractivity contribution in [2.45, 2.75) is 0 Å². The average Bonchev–Trinajstić information content (AvgIpc) is 3.80. The van der Waals surface area contributed by atoms with Crippen LogP contribution in [0.15, 0.2) is 156 Å². The number of oxazole rings is 1. The van der Waals surface area contributed by atoms with Crippen molar-refractivity contribution in [3.05, 3.63) is 152 Å². The van der Waals surface area contributed by atoms with Gasteiger partial charge in [0.25, 0.3) is 0 Å². The van der Waals surface area contributed by atoms with E-state index < -0.39 is 0 Å². The highest BCUT2D eigenvalue weighted by Crippen LogP contribution is 2.43. The minimum atomic E-state index is 0.534. The molecule has 0 saturated carbocycles. The highest BCUT2D eigenvalue weighted by molar-refractivity contribution is 7.25. The molecule has 0 spiro atoms. The van der Waals surface area contributed by atoms with Crippen LogP contribution in [-0.4, -0.2) is 9.55 Å². The van der Waals surface area contributed by atoms with Crippen LogP contribution < -0.4 is 4.90 Å². The van der Waals surface area contributed by atoms with Gasteiger partial charge in [-0.25, -0.2) is 0 Å². The van der Waals surface area contributed by atoms with E-state index in [0.717, 1.165) is 44.5 Å². The third kappa shape index (κ3) is 3.76. The van der Waals surface area contributed by atoms with Gasteiger partial charge in [-0.3, -0.25) is 4.90 Å². The van der Waals surface area contributed by atoms with Gasteiger partial charge in [-0.2, -0.15) is 4.98 Å². The number of benzene rings is 7. The smallest absolute Gasteiger partial charge is 0.307 e. The lowest BCUT2D eigenvalue weighted by molar-refractivity contribution is 0.611. The summed E-state index contributed by atoms with van der Waals surface area (Å²) in [6.45, 7) is 0. The van der Waals surface area contributed by atoms with Crippen molar-refractivity contribution in [3.8, 4) is 5.69 Å². The first kappa shape index (κ1) is 25.4. The summed E-state index contributed by atoms with van der Waals surface area (Å²) in [6, 6.07) is 54.2. The molecule has 0 unspecified atom stereocenters. The van der Waals surface area contributed by atoms with Crippen LogP contribution in [0.25, 0.3) is 69.5 Å². The van der Waals surface area contributed by atoms with Crippen molar-refractivity contribution in [3.63, 3.8) is 0 Å². The van der Waals surface area contributed by atoms with Crippen LogP contribution in [-0.2, 0) is 0 Å². The number of para-hydroxylation sites is 2. The molecule has 216 valence electrons. The predicted octanol–water partition coefficient (Wildman–Crippen LogP) is 11.9. The Kier molecular flexibility index (Phi) is 5.41. The molecular weight excluding hydrogens is 583 g/mol. The third-order valence-electron chi connectivity index (χ3n) is 9.01. The second kappa shape index (κ2) is 9.80. The molecular formula is C41H25N3OS. The Bertz CT molecular complexity index is 2760. The molecule has 7 aromatic carbocycles. The van der Waals surface area contributed by atoms with Gasteiger partial charge in [0.15, 0.2) is 5.58 Å². The van der Waals surface area contributed by atoms with Crippen LogP contribution in [0.1, 0.15) is 0 Å². The Morgan fingerprint density at radius 3 is 2.13 bits per heavy atom. The Morgan fingerprint density at radius 2 is 1.22 bits per heavy atom. The zero-order valence-corrected chi connectivity index (χ0v) is 25.4. The van der Waals surface area contributed by atoms with Gasteiger partial charge in [-0.1, -0.05) is 91.0 Å². The molecule has 0 saturated heterocycles. The first-order valence-corrected chi connectivity index (χ1v) is 16.2. The number of nitrogens with zero attached hydrogens (tertiary/aromatic N) is 3. The molecule has 0 radical (unpaired) electrons. The van der Waals surface area contributed by atoms with Crippen LogP contribution >= 0.6 is 11.3 Å². The fraction of sp³-hybridized carbons (Fsp3) is 0. The lowest BCUT2D eigenvalue weighted by atomic mass is 10.1. The van der Waals surface area contributed by atoms with Gasteiger partial charge in [-0.15, -0.1) is 11.3 Å². The second-order valence-electron chi connectivity index (χ2n) is 11.6. The number of hydrogen-bond donors (Lipinski definition) is 0. The van der Waals surface area contributed by atoms with E-state index in [4.69, 9.17) is 9.40 Å². The summed E-state index contributed by atoms with van der Waals surface area (Å²) >= 11 is 1.82. The number of fused-ring (bicyclic) bond motifs is 9. The van der Waals surface area contributed by atoms with Crippen molar-refractivity contribution in [1.82, 2.24) is 9.55 Å². The van der Waals surface area contributed by atoms with E-state index in [1.165, 1.54) is 36.5 Å². The molecule has 0 amide bonds. The average molecular weight is 608 g/mol. The minimum absolute atomic E-state index is 0.534. The highest BCUT2D eigenvalue weighted by atomic mass is 32.1. The fourth-order valence-electron chi connectivity index (χ4n) is 6.92. The van der Waals surface area contributed by atoms with Gasteiger partial charge >= 0.3 is 6.01 Å². The quantitative estimate of drug-likeness (QED) is 0.200. The number of anilines is 3. The summed E-state index contributed by atoms with van der Waals surface area (Å²) in [4.78, 5) is 7.26. The Labute approximate surface area is 268 Å². The first-order chi connectivity index (χ1) is 22.8. The Morgan fingerprint density at radius 1 is 0.522 bits per heavy atom. The summed E-state index contributed by atoms with van der Waals surface area (Å²) in [5.74, 6) is 0. The summed E-state index contributed by atoms with van der Waals surface area (Å²) in [5, 5.41) is 7.09. The van der Waals surface area contributed by atoms with E-state index in [2.05, 4.69) is 155 Å². The lowest BCUT2D eigenvalue weighted by Crippen LogP contribution is -2.10. The third-order valence-corrected chi connectivity index (χ3v) is 10.2. The van der Waals surface area contributed by atoms with Crippen LogP contribution in [0.4, 0.5) is 17.4 Å². The van der Waals surface area contributed by atoms with Gasteiger partial charge in [0.1, 0.15) is 5.52 Å². The Hall–Kier alpha value is -5.91. The van der Waals surface area contributed by atoms with Gasteiger partial charge in [0.2, 0.25) is 0 Å². The maximum Gasteiger partial charge on any atom is 0.307 e. The van der Waals surface area contributed by atoms with Crippen molar-refractivity contribution in [2.24, 2.45) is 0 Å². The first-order valence-electron chi connectivity index (χ1n) is 15.4. The molecule has 3 heterocycles. The maximum absolute atomic E-state index is 6.73. The molecule has 0 atom stereocenters. The maximum atomic E-state index is 6.73. The summed E-state index contributed by atoms with van der Waals surface area (Å²) < 4.78 is 11.6. The molecule has 0 fully saturated rings. The molecule has 0 aliphatic heterocycles. The molecule has 10 rings (SSSR count). The van der Waals surface area contributed by atoms with Gasteiger partial charge < -0.3 is 8.98 Å². The zero-order valence-electron chi connectivity index (χ0n) is 24.6. The van der Waals surface area contributed by atoms with Crippen LogP contribution in [0.2, 0.25) is 0 Å². The molecule has 0 N–H and O–H groups in total. The van der Waals surface area contributed by atoms with E-state index >= 15 is 0 Å². The number of thiophene rings is 1. The SMILES string of the molecule is c1ccc(-n2c3ccccc3c3ccc(N(c4ccc5sc6ccccc6c5c4)c4nc5ccc6ccccc6c5o4)cc32)cc1. The highest BCUT2D eigenvalue weighted by Gasteiger charge is 2.23. The molecule has 0 bridgehead atoms. The minimum Gasteiger partial charge on any atom is -0.422 e. The summed E-state index contributed by atoms with van der Waals surface area (Å²) in [6.07, 6.45) is 0. The predicted molar refractivity (Wildman–Crippen MR) is 193 cm³/mol. The lowest BCUT2D eigenvalue weighted by Gasteiger charge is -2.22. The van der Waals surface area contributed by atoms with Gasteiger partial charge in [-0.05, 0) is 66.0 Å². The fourth-order valence-corrected chi connectivity index (χ4v) is 8.00. The van der Waals surface area contributed by atoms with Crippen LogP contribution in [0, 0.1) is 0 Å². The van der Waals surface area contributed by atoms with E-state index in [1.54, 1.807) is 0 Å². The molecule has 0 aliphatic carbocycles. The molecule has 0 aliphatic rings. The topological polar surface area (TPSA) is 34.2 Å². The standard InChI is InChI=1S/C41H25N3OS/c1-2-11-27(12-3-1)44-36-16-8-6-14-31(36)32-21-19-29(25-37(32)44)43(28-20-23-39-34(24-28)33-15-7-9-17-38(33)46-39)41-42-35-22-18-26-10-4-5-13-30(26)40(35)45-41/h1-25H. The number of rotatable bonds is 4. The van der Waals surface area contributed by atoms with Crippen molar-refractivity contribution in [1.29, 1.82) is 0 Å². The molecule has 3 aromatic heterocycles. The van der Waals surface area contributed by atoms with E-state index in [-0.39, 0.29) is 0 Å². The van der Waals surface area contributed by atoms with Gasteiger partial charge in [0.05, 0.1) is 22.4 Å². The summed E-state index contributed by atoms with van der Waals surface area (Å²) in [5.41, 5.74) is 7.01. The largest absolute Gasteiger partial charge is 0.422 e. The van der Waals surface area contributed by atoms with Crippen molar-refractivity contribution < 1.29 is 4.42 Å². The molecule has 4 nitrogen and oxygen atoms in total. The molecule has 46 heavy (non-hydrogen) atoms. The molecule has 10 aromatic rings. The van der Waals surface area contributed by atoms with Crippen LogP contribution in [0.3, 0.4) is 0 Å². The number of aromatic nitrogens is 2. The normalized spacial score (nSPS) is 11.9. The van der Waals surface area contributed by atoms with E-state index in [0.29, 0.717) is 6.01 Å². The van der Waals surface area contributed by atoms with Crippen LogP contribution in [0.5, 0.6) is 0 Å². The van der Waals surface area contributed by atoms with Crippen molar-refractivity contribution in [2.75, 3.05) is 4.90 Å². The molecule has 5 heteroatoms. The number of hydrogen-bond acceptors (Lipinski definition) is 4.